The number of carbonyl (C=O) groups is 1. The molecule has 5 heteroatoms. The number of ether oxygens (including phenoxy) is 1. The van der Waals surface area contributed by atoms with Crippen LogP contribution in [0.5, 0.6) is 5.75 Å². The zero-order valence-electron chi connectivity index (χ0n) is 22.5. The summed E-state index contributed by atoms with van der Waals surface area (Å²) >= 11 is 0. The molecule has 4 aromatic carbocycles. The van der Waals surface area contributed by atoms with E-state index in [1.54, 1.807) is 0 Å². The number of aryl methyl sites for hydroxylation is 3. The fourth-order valence-corrected chi connectivity index (χ4v) is 4.85. The molecule has 0 atom stereocenters. The van der Waals surface area contributed by atoms with E-state index in [9.17, 15) is 4.79 Å². The molecule has 5 rings (SSSR count). The Hall–Kier alpha value is -4.38. The van der Waals surface area contributed by atoms with Gasteiger partial charge >= 0.3 is 0 Å². The highest BCUT2D eigenvalue weighted by Crippen LogP contribution is 2.20. The Labute approximate surface area is 230 Å². The van der Waals surface area contributed by atoms with Crippen molar-refractivity contribution >= 4 is 16.9 Å². The molecule has 5 nitrogen and oxygen atoms in total. The minimum absolute atomic E-state index is 0.0456. The minimum atomic E-state index is 0.0456. The maximum atomic E-state index is 12.6. The topological polar surface area (TPSA) is 56.1 Å². The van der Waals surface area contributed by atoms with Crippen molar-refractivity contribution in [3.8, 4) is 16.9 Å². The number of nitrogens with one attached hydrogen (secondary N) is 1. The normalized spacial score (nSPS) is 11.0. The van der Waals surface area contributed by atoms with Crippen LogP contribution in [-0.4, -0.2) is 28.6 Å². The van der Waals surface area contributed by atoms with E-state index in [-0.39, 0.29) is 5.91 Å². The van der Waals surface area contributed by atoms with Crippen LogP contribution in [0.1, 0.15) is 29.8 Å². The molecule has 1 heterocycles. The van der Waals surface area contributed by atoms with Crippen LogP contribution < -0.4 is 10.1 Å². The van der Waals surface area contributed by atoms with E-state index >= 15 is 0 Å². The van der Waals surface area contributed by atoms with Gasteiger partial charge in [-0.15, -0.1) is 0 Å². The molecule has 0 aliphatic heterocycles. The van der Waals surface area contributed by atoms with Gasteiger partial charge in [0.05, 0.1) is 24.1 Å². The van der Waals surface area contributed by atoms with Gasteiger partial charge < -0.3 is 14.6 Å². The third-order valence-electron chi connectivity index (χ3n) is 6.84. The summed E-state index contributed by atoms with van der Waals surface area (Å²) in [5.41, 5.74) is 6.70. The summed E-state index contributed by atoms with van der Waals surface area (Å²) in [6, 6.07) is 34.9. The van der Waals surface area contributed by atoms with Crippen LogP contribution in [0.4, 0.5) is 0 Å². The number of imidazole rings is 1. The Balaban J connectivity index is 1.10. The van der Waals surface area contributed by atoms with Crippen molar-refractivity contribution < 1.29 is 9.53 Å². The van der Waals surface area contributed by atoms with E-state index in [1.165, 1.54) is 11.1 Å². The fraction of sp³-hybridized carbons (Fsp3) is 0.235. The molecule has 39 heavy (non-hydrogen) atoms. The van der Waals surface area contributed by atoms with Crippen molar-refractivity contribution in [2.45, 2.75) is 39.2 Å². The van der Waals surface area contributed by atoms with Crippen LogP contribution in [0.2, 0.25) is 0 Å². The molecule has 0 spiro atoms. The van der Waals surface area contributed by atoms with Gasteiger partial charge in [-0.1, -0.05) is 78.9 Å². The van der Waals surface area contributed by atoms with Gasteiger partial charge in [0.15, 0.2) is 0 Å². The highest BCUT2D eigenvalue weighted by Gasteiger charge is 2.11. The van der Waals surface area contributed by atoms with E-state index in [0.29, 0.717) is 19.6 Å². The lowest BCUT2D eigenvalue weighted by Crippen LogP contribution is -2.26. The molecule has 1 aromatic heterocycles. The van der Waals surface area contributed by atoms with Crippen LogP contribution in [0.15, 0.2) is 103 Å². The lowest BCUT2D eigenvalue weighted by atomic mass is 10.0. The third-order valence-corrected chi connectivity index (χ3v) is 6.84. The second-order valence-corrected chi connectivity index (χ2v) is 9.88. The molecule has 0 aliphatic rings. The van der Waals surface area contributed by atoms with Gasteiger partial charge in [0, 0.05) is 19.5 Å². The Kier molecular flexibility index (Phi) is 8.69. The first kappa shape index (κ1) is 26.2. The largest absolute Gasteiger partial charge is 0.494 e. The number of rotatable bonds is 12. The molecule has 198 valence electrons. The van der Waals surface area contributed by atoms with Crippen LogP contribution in [-0.2, 0) is 24.2 Å². The van der Waals surface area contributed by atoms with Crippen molar-refractivity contribution in [2.24, 2.45) is 0 Å². The number of fused-ring (bicyclic) bond motifs is 1. The Morgan fingerprint density at radius 1 is 0.846 bits per heavy atom. The molecular formula is C34H35N3O2. The molecule has 0 saturated heterocycles. The van der Waals surface area contributed by atoms with Crippen molar-refractivity contribution in [3.05, 3.63) is 120 Å². The standard InChI is InChI=1S/C34H35N3O2/c1-26-10-7-13-30(24-26)39-23-9-22-37-32-15-6-5-14-31(32)36-33(37)16-8-21-35-34(38)25-27-17-19-29(20-18-27)28-11-3-2-4-12-28/h2-7,10-15,17-20,24H,8-9,16,21-23,25H2,1H3,(H,35,38). The van der Waals surface area contributed by atoms with E-state index in [2.05, 4.69) is 71.4 Å². The zero-order valence-corrected chi connectivity index (χ0v) is 22.5. The summed E-state index contributed by atoms with van der Waals surface area (Å²) in [6.45, 7) is 4.19. The summed E-state index contributed by atoms with van der Waals surface area (Å²) < 4.78 is 8.26. The van der Waals surface area contributed by atoms with E-state index in [0.717, 1.165) is 59.5 Å². The van der Waals surface area contributed by atoms with Crippen molar-refractivity contribution in [1.82, 2.24) is 14.9 Å². The summed E-state index contributed by atoms with van der Waals surface area (Å²) in [4.78, 5) is 17.4. The monoisotopic (exact) mass is 517 g/mol. The molecule has 1 amide bonds. The lowest BCUT2D eigenvalue weighted by molar-refractivity contribution is -0.120. The molecule has 0 aliphatic carbocycles. The summed E-state index contributed by atoms with van der Waals surface area (Å²) in [5, 5.41) is 3.08. The number of hydrogen-bond donors (Lipinski definition) is 1. The number of hydrogen-bond acceptors (Lipinski definition) is 3. The second kappa shape index (κ2) is 12.9. The highest BCUT2D eigenvalue weighted by atomic mass is 16.5. The minimum Gasteiger partial charge on any atom is -0.494 e. The Bertz CT molecular complexity index is 1510. The lowest BCUT2D eigenvalue weighted by Gasteiger charge is -2.11. The SMILES string of the molecule is Cc1cccc(OCCCn2c(CCCNC(=O)Cc3ccc(-c4ccccc4)cc3)nc3ccccc32)c1. The quantitative estimate of drug-likeness (QED) is 0.186. The van der Waals surface area contributed by atoms with E-state index < -0.39 is 0 Å². The van der Waals surface area contributed by atoms with Gasteiger partial charge in [-0.2, -0.15) is 0 Å². The second-order valence-electron chi connectivity index (χ2n) is 9.88. The Morgan fingerprint density at radius 3 is 2.44 bits per heavy atom. The van der Waals surface area contributed by atoms with E-state index in [1.807, 2.05) is 48.5 Å². The molecule has 0 fully saturated rings. The summed E-state index contributed by atoms with van der Waals surface area (Å²) in [5.74, 6) is 2.01. The third kappa shape index (κ3) is 7.14. The molecule has 0 saturated carbocycles. The smallest absolute Gasteiger partial charge is 0.224 e. The van der Waals surface area contributed by atoms with Gasteiger partial charge in [-0.25, -0.2) is 4.98 Å². The first-order valence-corrected chi connectivity index (χ1v) is 13.7. The van der Waals surface area contributed by atoms with E-state index in [4.69, 9.17) is 9.72 Å². The first-order chi connectivity index (χ1) is 19.2. The number of carbonyl (C=O) groups excluding carboxylic acids is 1. The van der Waals surface area contributed by atoms with Gasteiger partial charge in [-0.05, 0) is 66.3 Å². The molecule has 0 unspecified atom stereocenters. The number of para-hydroxylation sites is 2. The van der Waals surface area contributed by atoms with Crippen LogP contribution in [0.3, 0.4) is 0 Å². The maximum absolute atomic E-state index is 12.6. The summed E-state index contributed by atoms with van der Waals surface area (Å²) in [6.07, 6.45) is 2.91. The fourth-order valence-electron chi connectivity index (χ4n) is 4.85. The highest BCUT2D eigenvalue weighted by molar-refractivity contribution is 5.79. The average Bonchev–Trinajstić information content (AvgIpc) is 3.31. The average molecular weight is 518 g/mol. The maximum Gasteiger partial charge on any atom is 0.224 e. The van der Waals surface area contributed by atoms with Gasteiger partial charge in [0.25, 0.3) is 0 Å². The number of amides is 1. The molecule has 1 N–H and O–H groups in total. The number of benzene rings is 4. The van der Waals surface area contributed by atoms with Crippen LogP contribution in [0.25, 0.3) is 22.2 Å². The number of nitrogens with zero attached hydrogens (tertiary/aromatic N) is 2. The molecular weight excluding hydrogens is 482 g/mol. The van der Waals surface area contributed by atoms with Crippen molar-refractivity contribution in [2.75, 3.05) is 13.2 Å². The Morgan fingerprint density at radius 2 is 1.62 bits per heavy atom. The first-order valence-electron chi connectivity index (χ1n) is 13.7. The predicted molar refractivity (Wildman–Crippen MR) is 158 cm³/mol. The molecule has 5 aromatic rings. The predicted octanol–water partition coefficient (Wildman–Crippen LogP) is 6.77. The molecule has 0 radical (unpaired) electrons. The van der Waals surface area contributed by atoms with Crippen LogP contribution in [0, 0.1) is 6.92 Å². The van der Waals surface area contributed by atoms with Crippen LogP contribution >= 0.6 is 0 Å². The van der Waals surface area contributed by atoms with Crippen molar-refractivity contribution in [3.63, 3.8) is 0 Å². The van der Waals surface area contributed by atoms with Gasteiger partial charge in [-0.3, -0.25) is 4.79 Å². The van der Waals surface area contributed by atoms with Crippen molar-refractivity contribution in [1.29, 1.82) is 0 Å². The summed E-state index contributed by atoms with van der Waals surface area (Å²) in [7, 11) is 0. The molecule has 0 bridgehead atoms. The van der Waals surface area contributed by atoms with Gasteiger partial charge in [0.2, 0.25) is 5.91 Å². The zero-order chi connectivity index (χ0) is 26.9. The van der Waals surface area contributed by atoms with Gasteiger partial charge in [0.1, 0.15) is 11.6 Å². The number of aromatic nitrogens is 2.